The molecule has 11 rings (SSSR count). The van der Waals surface area contributed by atoms with Crippen molar-refractivity contribution in [1.29, 1.82) is 0 Å². The van der Waals surface area contributed by atoms with Gasteiger partial charge < -0.3 is 4.42 Å². The predicted molar refractivity (Wildman–Crippen MR) is 224 cm³/mol. The molecule has 3 nitrogen and oxygen atoms in total. The Morgan fingerprint density at radius 1 is 0.426 bits per heavy atom. The van der Waals surface area contributed by atoms with Crippen LogP contribution in [-0.4, -0.2) is 9.97 Å². The summed E-state index contributed by atoms with van der Waals surface area (Å²) >= 11 is 0. The van der Waals surface area contributed by atoms with Crippen molar-refractivity contribution >= 4 is 43.5 Å². The van der Waals surface area contributed by atoms with Gasteiger partial charge in [0.1, 0.15) is 11.2 Å². The number of nitrogens with zero attached hydrogens (tertiary/aromatic N) is 2. The lowest BCUT2D eigenvalue weighted by Crippen LogP contribution is -2.14. The van der Waals surface area contributed by atoms with Crippen LogP contribution >= 0.6 is 0 Å². The molecule has 10 aromatic rings. The molecular weight excluding hydrogens is 657 g/mol. The molecule has 3 heteroatoms. The normalized spacial score (nSPS) is 13.1. The highest BCUT2D eigenvalue weighted by Crippen LogP contribution is 2.52. The van der Waals surface area contributed by atoms with Gasteiger partial charge in [0.25, 0.3) is 0 Å². The van der Waals surface area contributed by atoms with Crippen molar-refractivity contribution in [3.8, 4) is 56.2 Å². The quantitative estimate of drug-likeness (QED) is 0.184. The molecule has 254 valence electrons. The fraction of sp³-hybridized carbons (Fsp3) is 0.0588. The average Bonchev–Trinajstić information content (AvgIpc) is 3.72. The minimum Gasteiger partial charge on any atom is -0.455 e. The molecule has 0 N–H and O–H groups in total. The standard InChI is InChI=1S/C51H34N2O/c1-51(2)43-27-24-33(29-42(43)48-35-16-7-6-13-31(35)23-28-44(48)51)34-25-26-38(37-18-9-8-17-36(34)37)45-30-46(53-50(52-45)32-14-4-3-5-15-32)41-21-12-20-40-39-19-10-11-22-47(39)54-49(40)41/h3-30H,1-2H3. The first-order valence-corrected chi connectivity index (χ1v) is 18.6. The van der Waals surface area contributed by atoms with E-state index in [-0.39, 0.29) is 5.41 Å². The van der Waals surface area contributed by atoms with Crippen LogP contribution in [0.25, 0.3) is 99.6 Å². The average molecular weight is 691 g/mol. The highest BCUT2D eigenvalue weighted by atomic mass is 16.3. The molecule has 0 unspecified atom stereocenters. The van der Waals surface area contributed by atoms with Crippen molar-refractivity contribution in [2.24, 2.45) is 0 Å². The van der Waals surface area contributed by atoms with Crippen LogP contribution in [0.3, 0.4) is 0 Å². The SMILES string of the molecule is CC1(C)c2ccc(-c3ccc(-c4cc(-c5cccc6c5oc5ccccc56)nc(-c5ccccc5)n4)c4ccccc34)cc2-c2c1ccc1ccccc21. The van der Waals surface area contributed by atoms with Gasteiger partial charge in [-0.25, -0.2) is 9.97 Å². The third-order valence-electron chi connectivity index (χ3n) is 11.5. The summed E-state index contributed by atoms with van der Waals surface area (Å²) in [6.07, 6.45) is 0. The van der Waals surface area contributed by atoms with Gasteiger partial charge in [-0.2, -0.15) is 0 Å². The molecule has 0 saturated carbocycles. The van der Waals surface area contributed by atoms with Gasteiger partial charge in [-0.1, -0.05) is 159 Å². The smallest absolute Gasteiger partial charge is 0.160 e. The number of para-hydroxylation sites is 2. The van der Waals surface area contributed by atoms with Crippen LogP contribution in [-0.2, 0) is 5.41 Å². The van der Waals surface area contributed by atoms with Gasteiger partial charge in [-0.15, -0.1) is 0 Å². The van der Waals surface area contributed by atoms with E-state index in [4.69, 9.17) is 14.4 Å². The third-order valence-corrected chi connectivity index (χ3v) is 11.5. The van der Waals surface area contributed by atoms with Gasteiger partial charge in [0, 0.05) is 32.9 Å². The molecule has 54 heavy (non-hydrogen) atoms. The Kier molecular flexibility index (Phi) is 6.60. The van der Waals surface area contributed by atoms with E-state index < -0.39 is 0 Å². The zero-order valence-corrected chi connectivity index (χ0v) is 30.0. The van der Waals surface area contributed by atoms with Crippen LogP contribution in [0.2, 0.25) is 0 Å². The summed E-state index contributed by atoms with van der Waals surface area (Å²) in [6, 6.07) is 60.6. The first kappa shape index (κ1) is 30.8. The monoisotopic (exact) mass is 690 g/mol. The van der Waals surface area contributed by atoms with Crippen LogP contribution in [0, 0.1) is 0 Å². The zero-order valence-electron chi connectivity index (χ0n) is 30.0. The molecule has 2 aromatic heterocycles. The van der Waals surface area contributed by atoms with Gasteiger partial charge in [-0.05, 0) is 79.2 Å². The second kappa shape index (κ2) is 11.6. The molecule has 0 fully saturated rings. The number of benzene rings is 8. The molecule has 0 spiro atoms. The van der Waals surface area contributed by atoms with E-state index in [0.717, 1.165) is 55.4 Å². The van der Waals surface area contributed by atoms with E-state index in [9.17, 15) is 0 Å². The number of hydrogen-bond acceptors (Lipinski definition) is 3. The predicted octanol–water partition coefficient (Wildman–Crippen LogP) is 13.7. The molecule has 2 heterocycles. The number of aromatic nitrogens is 2. The molecule has 0 aliphatic heterocycles. The largest absolute Gasteiger partial charge is 0.455 e. The summed E-state index contributed by atoms with van der Waals surface area (Å²) < 4.78 is 6.49. The lowest BCUT2D eigenvalue weighted by molar-refractivity contribution is 0.661. The number of furan rings is 1. The van der Waals surface area contributed by atoms with Gasteiger partial charge in [0.2, 0.25) is 0 Å². The van der Waals surface area contributed by atoms with Crippen LogP contribution in [0.15, 0.2) is 174 Å². The Balaban J connectivity index is 1.11. The molecule has 1 aliphatic rings. The summed E-state index contributed by atoms with van der Waals surface area (Å²) in [5.41, 5.74) is 14.1. The highest BCUT2D eigenvalue weighted by molar-refractivity contribution is 6.10. The van der Waals surface area contributed by atoms with E-state index in [1.165, 1.54) is 49.5 Å². The number of fused-ring (bicyclic) bond motifs is 9. The van der Waals surface area contributed by atoms with Crippen LogP contribution < -0.4 is 0 Å². The lowest BCUT2D eigenvalue weighted by atomic mass is 9.81. The van der Waals surface area contributed by atoms with Crippen LogP contribution in [0.4, 0.5) is 0 Å². The Morgan fingerprint density at radius 3 is 1.91 bits per heavy atom. The fourth-order valence-corrected chi connectivity index (χ4v) is 8.85. The number of hydrogen-bond donors (Lipinski definition) is 0. The number of rotatable bonds is 4. The molecule has 0 saturated heterocycles. The first-order valence-electron chi connectivity index (χ1n) is 18.6. The molecular formula is C51H34N2O. The third kappa shape index (κ3) is 4.55. The first-order chi connectivity index (χ1) is 26.5. The second-order valence-electron chi connectivity index (χ2n) is 14.9. The Morgan fingerprint density at radius 2 is 1.07 bits per heavy atom. The molecule has 8 aromatic carbocycles. The van der Waals surface area contributed by atoms with Crippen molar-refractivity contribution < 1.29 is 4.42 Å². The van der Waals surface area contributed by atoms with Gasteiger partial charge in [0.05, 0.1) is 11.4 Å². The molecule has 0 radical (unpaired) electrons. The second-order valence-corrected chi connectivity index (χ2v) is 14.9. The van der Waals surface area contributed by atoms with Crippen molar-refractivity contribution in [3.05, 3.63) is 181 Å². The van der Waals surface area contributed by atoms with E-state index >= 15 is 0 Å². The van der Waals surface area contributed by atoms with Crippen molar-refractivity contribution in [3.63, 3.8) is 0 Å². The van der Waals surface area contributed by atoms with E-state index in [1.807, 2.05) is 30.3 Å². The molecule has 0 bridgehead atoms. The van der Waals surface area contributed by atoms with E-state index in [2.05, 4.69) is 153 Å². The minimum atomic E-state index is -0.0764. The van der Waals surface area contributed by atoms with Crippen molar-refractivity contribution in [2.45, 2.75) is 19.3 Å². The summed E-state index contributed by atoms with van der Waals surface area (Å²) in [6.45, 7) is 4.70. The molecule has 1 aliphatic carbocycles. The summed E-state index contributed by atoms with van der Waals surface area (Å²) in [4.78, 5) is 10.4. The Hall–Kier alpha value is -6.84. The van der Waals surface area contributed by atoms with Gasteiger partial charge in [-0.3, -0.25) is 0 Å². The maximum absolute atomic E-state index is 6.49. The lowest BCUT2D eigenvalue weighted by Gasteiger charge is -2.22. The maximum Gasteiger partial charge on any atom is 0.160 e. The highest BCUT2D eigenvalue weighted by Gasteiger charge is 2.36. The summed E-state index contributed by atoms with van der Waals surface area (Å²) in [5.74, 6) is 0.677. The van der Waals surface area contributed by atoms with E-state index in [1.54, 1.807) is 0 Å². The zero-order chi connectivity index (χ0) is 36.0. The van der Waals surface area contributed by atoms with Gasteiger partial charge in [0.15, 0.2) is 5.82 Å². The van der Waals surface area contributed by atoms with Gasteiger partial charge >= 0.3 is 0 Å². The fourth-order valence-electron chi connectivity index (χ4n) is 8.85. The van der Waals surface area contributed by atoms with Crippen LogP contribution in [0.5, 0.6) is 0 Å². The van der Waals surface area contributed by atoms with Crippen LogP contribution in [0.1, 0.15) is 25.0 Å². The summed E-state index contributed by atoms with van der Waals surface area (Å²) in [7, 11) is 0. The van der Waals surface area contributed by atoms with E-state index in [0.29, 0.717) is 5.82 Å². The Bertz CT molecular complexity index is 3130. The topological polar surface area (TPSA) is 38.9 Å². The molecule has 0 atom stereocenters. The van der Waals surface area contributed by atoms with Crippen molar-refractivity contribution in [1.82, 2.24) is 9.97 Å². The maximum atomic E-state index is 6.49. The Labute approximate surface area is 313 Å². The molecule has 0 amide bonds. The van der Waals surface area contributed by atoms with Crippen molar-refractivity contribution in [2.75, 3.05) is 0 Å². The summed E-state index contributed by atoms with van der Waals surface area (Å²) in [5, 5.41) is 7.09. The minimum absolute atomic E-state index is 0.0764.